The maximum absolute atomic E-state index is 11.5. The van der Waals surface area contributed by atoms with Gasteiger partial charge in [-0.2, -0.15) is 5.10 Å². The molecule has 0 aliphatic carbocycles. The molecule has 2 N–H and O–H groups in total. The first kappa shape index (κ1) is 13.5. The van der Waals surface area contributed by atoms with Crippen molar-refractivity contribution in [3.05, 3.63) is 11.9 Å². The van der Waals surface area contributed by atoms with Crippen molar-refractivity contribution in [2.24, 2.45) is 0 Å². The van der Waals surface area contributed by atoms with Gasteiger partial charge < -0.3 is 15.2 Å². The van der Waals surface area contributed by atoms with Crippen molar-refractivity contribution in [1.82, 2.24) is 9.78 Å². The van der Waals surface area contributed by atoms with Gasteiger partial charge in [0.2, 0.25) is 0 Å². The predicted octanol–water partition coefficient (Wildman–Crippen LogP) is 1.07. The lowest BCUT2D eigenvalue weighted by Gasteiger charge is -2.01. The summed E-state index contributed by atoms with van der Waals surface area (Å²) in [5.74, 6) is -0.478. The van der Waals surface area contributed by atoms with Gasteiger partial charge in [0.15, 0.2) is 5.69 Å². The van der Waals surface area contributed by atoms with Crippen LogP contribution in [0, 0.1) is 0 Å². The maximum Gasteiger partial charge on any atom is 0.361 e. The molecule has 0 radical (unpaired) electrons. The molecule has 0 amide bonds. The number of hydrogen-bond donors (Lipinski definition) is 1. The molecule has 0 aromatic carbocycles. The zero-order valence-electron chi connectivity index (χ0n) is 10.3. The van der Waals surface area contributed by atoms with Gasteiger partial charge in [0.1, 0.15) is 0 Å². The van der Waals surface area contributed by atoms with E-state index >= 15 is 0 Å². The topological polar surface area (TPSA) is 79.4 Å². The van der Waals surface area contributed by atoms with Crippen molar-refractivity contribution in [3.63, 3.8) is 0 Å². The van der Waals surface area contributed by atoms with E-state index in [0.29, 0.717) is 32.1 Å². The highest BCUT2D eigenvalue weighted by molar-refractivity contribution is 5.92. The number of aromatic nitrogens is 2. The van der Waals surface area contributed by atoms with Crippen LogP contribution in [-0.4, -0.2) is 35.6 Å². The summed E-state index contributed by atoms with van der Waals surface area (Å²) in [6.07, 6.45) is 2.47. The van der Waals surface area contributed by atoms with Crippen LogP contribution in [0.5, 0.6) is 0 Å². The van der Waals surface area contributed by atoms with Crippen molar-refractivity contribution in [3.8, 4) is 0 Å². The molecule has 6 heteroatoms. The van der Waals surface area contributed by atoms with Gasteiger partial charge in [0.05, 0.1) is 12.3 Å². The Bertz CT molecular complexity index is 363. The van der Waals surface area contributed by atoms with Crippen molar-refractivity contribution >= 4 is 11.7 Å². The number of hydrogen-bond acceptors (Lipinski definition) is 5. The van der Waals surface area contributed by atoms with Gasteiger partial charge in [-0.05, 0) is 20.3 Å². The Morgan fingerprint density at radius 3 is 2.88 bits per heavy atom. The van der Waals surface area contributed by atoms with Gasteiger partial charge in [-0.15, -0.1) is 0 Å². The average molecular weight is 241 g/mol. The number of anilines is 1. The first-order chi connectivity index (χ1) is 8.19. The second kappa shape index (κ2) is 6.90. The molecule has 1 aromatic heterocycles. The van der Waals surface area contributed by atoms with Gasteiger partial charge in [-0.25, -0.2) is 4.79 Å². The van der Waals surface area contributed by atoms with Crippen LogP contribution in [0.25, 0.3) is 0 Å². The smallest absolute Gasteiger partial charge is 0.361 e. The summed E-state index contributed by atoms with van der Waals surface area (Å²) >= 11 is 0. The molecule has 0 saturated heterocycles. The number of nitrogens with zero attached hydrogens (tertiary/aromatic N) is 2. The summed E-state index contributed by atoms with van der Waals surface area (Å²) < 4.78 is 11.7. The monoisotopic (exact) mass is 241 g/mol. The Labute approximate surface area is 101 Å². The number of nitrogens with two attached hydrogens (primary N) is 1. The van der Waals surface area contributed by atoms with E-state index in [4.69, 9.17) is 15.2 Å². The minimum absolute atomic E-state index is 0.184. The van der Waals surface area contributed by atoms with Crippen LogP contribution < -0.4 is 5.73 Å². The van der Waals surface area contributed by atoms with E-state index in [-0.39, 0.29) is 5.69 Å². The zero-order valence-corrected chi connectivity index (χ0v) is 10.3. The minimum Gasteiger partial charge on any atom is -0.461 e. The molecule has 0 aliphatic heterocycles. The third-order valence-corrected chi connectivity index (χ3v) is 2.14. The molecule has 96 valence electrons. The van der Waals surface area contributed by atoms with Crippen LogP contribution >= 0.6 is 0 Å². The Morgan fingerprint density at radius 1 is 1.47 bits per heavy atom. The minimum atomic E-state index is -0.478. The molecule has 6 nitrogen and oxygen atoms in total. The molecular weight excluding hydrogens is 222 g/mol. The summed E-state index contributed by atoms with van der Waals surface area (Å²) in [7, 11) is 0. The van der Waals surface area contributed by atoms with E-state index in [1.165, 1.54) is 0 Å². The van der Waals surface area contributed by atoms with Crippen molar-refractivity contribution in [2.45, 2.75) is 26.8 Å². The fraction of sp³-hybridized carbons (Fsp3) is 0.636. The second-order valence-corrected chi connectivity index (χ2v) is 3.47. The van der Waals surface area contributed by atoms with Gasteiger partial charge in [0, 0.05) is 26.0 Å². The molecule has 0 saturated carbocycles. The van der Waals surface area contributed by atoms with Crippen LogP contribution in [0.3, 0.4) is 0 Å². The van der Waals surface area contributed by atoms with E-state index in [9.17, 15) is 4.79 Å². The van der Waals surface area contributed by atoms with Crippen molar-refractivity contribution < 1.29 is 14.3 Å². The van der Waals surface area contributed by atoms with E-state index < -0.39 is 5.97 Å². The molecule has 1 aromatic rings. The molecule has 0 aliphatic rings. The quantitative estimate of drug-likeness (QED) is 0.570. The molecule has 17 heavy (non-hydrogen) atoms. The van der Waals surface area contributed by atoms with Crippen LogP contribution in [0.2, 0.25) is 0 Å². The molecule has 1 heterocycles. The van der Waals surface area contributed by atoms with Gasteiger partial charge in [-0.1, -0.05) is 0 Å². The number of carbonyl (C=O) groups is 1. The summed E-state index contributed by atoms with van der Waals surface area (Å²) in [5, 5.41) is 4.09. The van der Waals surface area contributed by atoms with Gasteiger partial charge in [-0.3, -0.25) is 4.68 Å². The number of esters is 1. The zero-order chi connectivity index (χ0) is 12.7. The highest BCUT2D eigenvalue weighted by atomic mass is 16.5. The average Bonchev–Trinajstić information content (AvgIpc) is 2.66. The maximum atomic E-state index is 11.5. The van der Waals surface area contributed by atoms with Crippen molar-refractivity contribution in [1.29, 1.82) is 0 Å². The normalized spacial score (nSPS) is 10.5. The molecular formula is C11H19N3O3. The fourth-order valence-corrected chi connectivity index (χ4v) is 1.38. The van der Waals surface area contributed by atoms with Crippen molar-refractivity contribution in [2.75, 3.05) is 25.6 Å². The summed E-state index contributed by atoms with van der Waals surface area (Å²) in [6.45, 7) is 6.05. The second-order valence-electron chi connectivity index (χ2n) is 3.47. The predicted molar refractivity (Wildman–Crippen MR) is 63.7 cm³/mol. The van der Waals surface area contributed by atoms with Crippen LogP contribution in [0.1, 0.15) is 30.8 Å². The summed E-state index contributed by atoms with van der Waals surface area (Å²) in [4.78, 5) is 11.5. The Kier molecular flexibility index (Phi) is 5.48. The Hall–Kier alpha value is -1.56. The number of carbonyl (C=O) groups excluding carboxylic acids is 1. The highest BCUT2D eigenvalue weighted by Crippen LogP contribution is 2.10. The number of aryl methyl sites for hydroxylation is 1. The van der Waals surface area contributed by atoms with Crippen LogP contribution in [0.4, 0.5) is 5.69 Å². The number of nitrogen functional groups attached to an aromatic ring is 1. The largest absolute Gasteiger partial charge is 0.461 e. The highest BCUT2D eigenvalue weighted by Gasteiger charge is 2.15. The number of rotatable bonds is 7. The van der Waals surface area contributed by atoms with Gasteiger partial charge in [0.25, 0.3) is 0 Å². The number of ether oxygens (including phenoxy) is 2. The molecule has 0 atom stereocenters. The van der Waals surface area contributed by atoms with E-state index in [2.05, 4.69) is 5.10 Å². The van der Waals surface area contributed by atoms with Crippen LogP contribution in [0.15, 0.2) is 6.20 Å². The van der Waals surface area contributed by atoms with E-state index in [0.717, 1.165) is 6.42 Å². The summed E-state index contributed by atoms with van der Waals surface area (Å²) in [5.41, 5.74) is 6.22. The fourth-order valence-electron chi connectivity index (χ4n) is 1.38. The molecule has 0 unspecified atom stereocenters. The SMILES string of the molecule is CCOCCCn1cc(N)c(C(=O)OCC)n1. The van der Waals surface area contributed by atoms with Gasteiger partial charge >= 0.3 is 5.97 Å². The molecule has 1 rings (SSSR count). The Balaban J connectivity index is 2.52. The molecule has 0 spiro atoms. The Morgan fingerprint density at radius 2 is 2.24 bits per heavy atom. The lowest BCUT2D eigenvalue weighted by Crippen LogP contribution is -2.09. The first-order valence-electron chi connectivity index (χ1n) is 5.76. The van der Waals surface area contributed by atoms with Crippen LogP contribution in [-0.2, 0) is 16.0 Å². The standard InChI is InChI=1S/C11H19N3O3/c1-3-16-7-5-6-14-8-9(12)10(13-14)11(15)17-4-2/h8H,3-7,12H2,1-2H3. The molecule has 0 bridgehead atoms. The summed E-state index contributed by atoms with van der Waals surface area (Å²) in [6, 6.07) is 0. The molecule has 0 fully saturated rings. The third-order valence-electron chi connectivity index (χ3n) is 2.14. The third kappa shape index (κ3) is 4.07. The lowest BCUT2D eigenvalue weighted by atomic mass is 10.4. The first-order valence-corrected chi connectivity index (χ1v) is 5.76. The van der Waals surface area contributed by atoms with E-state index in [1.54, 1.807) is 17.8 Å². The lowest BCUT2D eigenvalue weighted by molar-refractivity contribution is 0.0519. The van der Waals surface area contributed by atoms with E-state index in [1.807, 2.05) is 6.92 Å².